The van der Waals surface area contributed by atoms with Crippen molar-refractivity contribution in [1.29, 1.82) is 0 Å². The first-order valence-corrected chi connectivity index (χ1v) is 11.9. The Morgan fingerprint density at radius 3 is 2.08 bits per heavy atom. The van der Waals surface area contributed by atoms with Crippen LogP contribution >= 0.6 is 11.6 Å². The Labute approximate surface area is 218 Å². The minimum Gasteiger partial charge on any atom is -0.454 e. The van der Waals surface area contributed by atoms with E-state index in [9.17, 15) is 24.0 Å². The monoisotopic (exact) mass is 518 g/mol. The summed E-state index contributed by atoms with van der Waals surface area (Å²) in [4.78, 5) is 65.2. The summed E-state index contributed by atoms with van der Waals surface area (Å²) < 4.78 is 5.21. The Balaban J connectivity index is 1.46. The SMILES string of the molecule is CC(C)C(C(=O)OCC(=O)Nc1ccc(Cl)cc1C(=O)c1ccccc1)N1C(=O)c2ccccc2C1=O. The molecule has 4 rings (SSSR count). The lowest BCUT2D eigenvalue weighted by Crippen LogP contribution is -2.49. The first-order valence-electron chi connectivity index (χ1n) is 11.5. The highest BCUT2D eigenvalue weighted by Crippen LogP contribution is 2.28. The smallest absolute Gasteiger partial charge is 0.330 e. The minimum atomic E-state index is -1.22. The van der Waals surface area contributed by atoms with E-state index < -0.39 is 42.3 Å². The second-order valence-corrected chi connectivity index (χ2v) is 9.19. The van der Waals surface area contributed by atoms with Crippen molar-refractivity contribution in [3.8, 4) is 0 Å². The van der Waals surface area contributed by atoms with Gasteiger partial charge in [-0.25, -0.2) is 4.79 Å². The van der Waals surface area contributed by atoms with Gasteiger partial charge in [-0.2, -0.15) is 0 Å². The molecule has 1 N–H and O–H groups in total. The molecule has 0 radical (unpaired) electrons. The molecule has 0 aromatic heterocycles. The van der Waals surface area contributed by atoms with Crippen LogP contribution in [0.3, 0.4) is 0 Å². The molecule has 3 aromatic carbocycles. The Bertz CT molecular complexity index is 1370. The Hall–Kier alpha value is -4.30. The summed E-state index contributed by atoms with van der Waals surface area (Å²) in [6.45, 7) is 2.66. The predicted octanol–water partition coefficient (Wildman–Crippen LogP) is 4.37. The summed E-state index contributed by atoms with van der Waals surface area (Å²) in [5.41, 5.74) is 1.20. The van der Waals surface area contributed by atoms with E-state index in [1.165, 1.54) is 30.3 Å². The normalized spacial score (nSPS) is 13.4. The van der Waals surface area contributed by atoms with Gasteiger partial charge in [0.2, 0.25) is 0 Å². The van der Waals surface area contributed by atoms with Gasteiger partial charge >= 0.3 is 5.97 Å². The molecule has 37 heavy (non-hydrogen) atoms. The van der Waals surface area contributed by atoms with Crippen LogP contribution in [0.15, 0.2) is 72.8 Å². The van der Waals surface area contributed by atoms with Crippen LogP contribution in [-0.2, 0) is 14.3 Å². The lowest BCUT2D eigenvalue weighted by atomic mass is 10.0. The highest BCUT2D eigenvalue weighted by Gasteiger charge is 2.44. The fourth-order valence-electron chi connectivity index (χ4n) is 4.10. The number of nitrogens with one attached hydrogen (secondary N) is 1. The third-order valence-corrected chi connectivity index (χ3v) is 6.09. The standard InChI is InChI=1S/C28H23ClN2O6/c1-16(2)24(31-26(34)19-10-6-7-11-20(19)27(31)35)28(36)37-15-23(32)30-22-13-12-18(29)14-21(22)25(33)17-8-4-3-5-9-17/h3-14,16,24H,15H2,1-2H3,(H,30,32). The van der Waals surface area contributed by atoms with Crippen molar-refractivity contribution >= 4 is 46.8 Å². The van der Waals surface area contributed by atoms with E-state index in [1.54, 1.807) is 56.3 Å². The van der Waals surface area contributed by atoms with Crippen LogP contribution in [0.5, 0.6) is 0 Å². The molecule has 3 aromatic rings. The number of imide groups is 1. The molecule has 8 nitrogen and oxygen atoms in total. The maximum atomic E-state index is 13.0. The zero-order chi connectivity index (χ0) is 26.7. The molecule has 1 atom stereocenters. The van der Waals surface area contributed by atoms with E-state index >= 15 is 0 Å². The number of nitrogens with zero attached hydrogens (tertiary/aromatic N) is 1. The van der Waals surface area contributed by atoms with Crippen LogP contribution in [0.1, 0.15) is 50.5 Å². The zero-order valence-corrected chi connectivity index (χ0v) is 20.8. The lowest BCUT2D eigenvalue weighted by molar-refractivity contribution is -0.152. The number of ketones is 1. The molecule has 0 saturated heterocycles. The van der Waals surface area contributed by atoms with Crippen molar-refractivity contribution in [3.63, 3.8) is 0 Å². The minimum absolute atomic E-state index is 0.171. The molecule has 0 saturated carbocycles. The molecule has 9 heteroatoms. The van der Waals surface area contributed by atoms with E-state index in [2.05, 4.69) is 5.32 Å². The fourth-order valence-corrected chi connectivity index (χ4v) is 4.28. The van der Waals surface area contributed by atoms with Crippen molar-refractivity contribution in [2.24, 2.45) is 5.92 Å². The van der Waals surface area contributed by atoms with Crippen molar-refractivity contribution in [2.75, 3.05) is 11.9 Å². The van der Waals surface area contributed by atoms with Crippen molar-refractivity contribution in [2.45, 2.75) is 19.9 Å². The first-order chi connectivity index (χ1) is 17.7. The number of carbonyl (C=O) groups is 5. The van der Waals surface area contributed by atoms with Crippen LogP contribution in [0.25, 0.3) is 0 Å². The van der Waals surface area contributed by atoms with Crippen LogP contribution in [0.2, 0.25) is 5.02 Å². The summed E-state index contributed by atoms with van der Waals surface area (Å²) in [7, 11) is 0. The number of halogens is 1. The summed E-state index contributed by atoms with van der Waals surface area (Å²) in [6, 6.07) is 18.0. The Kier molecular flexibility index (Phi) is 7.50. The maximum absolute atomic E-state index is 13.0. The largest absolute Gasteiger partial charge is 0.454 e. The number of ether oxygens (including phenoxy) is 1. The van der Waals surface area contributed by atoms with Gasteiger partial charge in [0, 0.05) is 16.1 Å². The number of benzene rings is 3. The number of rotatable bonds is 8. The third-order valence-electron chi connectivity index (χ3n) is 5.86. The van der Waals surface area contributed by atoms with Gasteiger partial charge in [-0.05, 0) is 36.2 Å². The second-order valence-electron chi connectivity index (χ2n) is 8.76. The van der Waals surface area contributed by atoms with Crippen LogP contribution < -0.4 is 5.32 Å². The maximum Gasteiger partial charge on any atom is 0.330 e. The molecular weight excluding hydrogens is 496 g/mol. The van der Waals surface area contributed by atoms with E-state index in [0.717, 1.165) is 4.90 Å². The molecule has 3 amide bonds. The van der Waals surface area contributed by atoms with Gasteiger partial charge in [0.15, 0.2) is 12.4 Å². The van der Waals surface area contributed by atoms with E-state index in [1.807, 2.05) is 0 Å². The van der Waals surface area contributed by atoms with Gasteiger partial charge in [0.1, 0.15) is 6.04 Å². The molecule has 0 bridgehead atoms. The van der Waals surface area contributed by atoms with Gasteiger partial charge < -0.3 is 10.1 Å². The topological polar surface area (TPSA) is 110 Å². The Morgan fingerprint density at radius 2 is 1.49 bits per heavy atom. The lowest BCUT2D eigenvalue weighted by Gasteiger charge is -2.27. The third kappa shape index (κ3) is 5.29. The van der Waals surface area contributed by atoms with E-state index in [-0.39, 0.29) is 28.2 Å². The van der Waals surface area contributed by atoms with Gasteiger partial charge in [-0.1, -0.05) is 67.9 Å². The van der Waals surface area contributed by atoms with Gasteiger partial charge in [-0.15, -0.1) is 0 Å². The zero-order valence-electron chi connectivity index (χ0n) is 20.1. The molecule has 188 valence electrons. The molecule has 0 aliphatic carbocycles. The highest BCUT2D eigenvalue weighted by molar-refractivity contribution is 6.31. The van der Waals surface area contributed by atoms with Gasteiger partial charge in [-0.3, -0.25) is 24.1 Å². The second kappa shape index (κ2) is 10.8. The quantitative estimate of drug-likeness (QED) is 0.269. The molecule has 1 unspecified atom stereocenters. The summed E-state index contributed by atoms with van der Waals surface area (Å²) in [6.07, 6.45) is 0. The number of carbonyl (C=O) groups excluding carboxylic acids is 5. The number of amides is 3. The molecule has 0 fully saturated rings. The summed E-state index contributed by atoms with van der Waals surface area (Å²) >= 11 is 6.08. The number of esters is 1. The molecule has 0 spiro atoms. The molecular formula is C28H23ClN2O6. The van der Waals surface area contributed by atoms with Crippen molar-refractivity contribution < 1.29 is 28.7 Å². The number of anilines is 1. The first kappa shape index (κ1) is 25.8. The summed E-state index contributed by atoms with van der Waals surface area (Å²) in [5.74, 6) is -3.60. The van der Waals surface area contributed by atoms with E-state index in [0.29, 0.717) is 10.6 Å². The predicted molar refractivity (Wildman–Crippen MR) is 136 cm³/mol. The molecule has 1 aliphatic heterocycles. The van der Waals surface area contributed by atoms with Crippen molar-refractivity contribution in [3.05, 3.63) is 100 Å². The average molecular weight is 519 g/mol. The fraction of sp³-hybridized carbons (Fsp3) is 0.179. The van der Waals surface area contributed by atoms with Crippen LogP contribution in [-0.4, -0.2) is 47.0 Å². The Morgan fingerprint density at radius 1 is 0.892 bits per heavy atom. The number of fused-ring (bicyclic) bond motifs is 1. The number of hydrogen-bond donors (Lipinski definition) is 1. The molecule has 1 heterocycles. The van der Waals surface area contributed by atoms with Gasteiger partial charge in [0.05, 0.1) is 16.8 Å². The van der Waals surface area contributed by atoms with Crippen LogP contribution in [0, 0.1) is 5.92 Å². The number of hydrogen-bond acceptors (Lipinski definition) is 6. The summed E-state index contributed by atoms with van der Waals surface area (Å²) in [5, 5.41) is 2.88. The average Bonchev–Trinajstić information content (AvgIpc) is 3.14. The van der Waals surface area contributed by atoms with Gasteiger partial charge in [0.25, 0.3) is 17.7 Å². The van der Waals surface area contributed by atoms with E-state index in [4.69, 9.17) is 16.3 Å². The van der Waals surface area contributed by atoms with Crippen LogP contribution in [0.4, 0.5) is 5.69 Å². The molecule has 1 aliphatic rings. The van der Waals surface area contributed by atoms with Crippen molar-refractivity contribution in [1.82, 2.24) is 4.90 Å². The highest BCUT2D eigenvalue weighted by atomic mass is 35.5.